The second kappa shape index (κ2) is 5.50. The Hall–Kier alpha value is -2.81. The Morgan fingerprint density at radius 2 is 2.22 bits per heavy atom. The second-order valence-electron chi connectivity index (χ2n) is 3.29. The lowest BCUT2D eigenvalue weighted by molar-refractivity contribution is 0.415. The molecule has 0 bridgehead atoms. The Morgan fingerprint density at radius 3 is 2.89 bits per heavy atom. The van der Waals surface area contributed by atoms with Gasteiger partial charge in [0.2, 0.25) is 5.69 Å². The van der Waals surface area contributed by atoms with E-state index in [9.17, 15) is 0 Å². The molecule has 18 heavy (non-hydrogen) atoms. The lowest BCUT2D eigenvalue weighted by Crippen LogP contribution is -1.91. The summed E-state index contributed by atoms with van der Waals surface area (Å²) in [5.74, 6) is 1.00. The first kappa shape index (κ1) is 11.7. The Morgan fingerprint density at radius 1 is 1.44 bits per heavy atom. The maximum absolute atomic E-state index is 8.70. The van der Waals surface area contributed by atoms with E-state index in [1.165, 1.54) is 6.39 Å². The summed E-state index contributed by atoms with van der Waals surface area (Å²) in [4.78, 5) is 3.70. The number of nitriles is 1. The normalized spacial score (nSPS) is 10.2. The molecule has 0 saturated carbocycles. The van der Waals surface area contributed by atoms with Gasteiger partial charge in [0.05, 0.1) is 13.3 Å². The number of hydrazone groups is 1. The van der Waals surface area contributed by atoms with Crippen molar-refractivity contribution in [3.63, 3.8) is 0 Å². The molecule has 1 aromatic carbocycles. The molecule has 0 fully saturated rings. The van der Waals surface area contributed by atoms with E-state index < -0.39 is 0 Å². The van der Waals surface area contributed by atoms with E-state index in [4.69, 9.17) is 14.4 Å². The topological polar surface area (TPSA) is 83.4 Å². The number of benzene rings is 1. The van der Waals surface area contributed by atoms with Gasteiger partial charge in [0, 0.05) is 0 Å². The molecule has 0 saturated heterocycles. The van der Waals surface area contributed by atoms with E-state index in [2.05, 4.69) is 15.5 Å². The molecule has 0 aliphatic carbocycles. The van der Waals surface area contributed by atoms with Crippen molar-refractivity contribution in [2.45, 2.75) is 0 Å². The number of nitrogens with one attached hydrogen (secondary N) is 1. The minimum absolute atomic E-state index is 0.168. The molecule has 0 aliphatic rings. The summed E-state index contributed by atoms with van der Waals surface area (Å²) in [6.45, 7) is 0. The lowest BCUT2D eigenvalue weighted by atomic mass is 10.2. The van der Waals surface area contributed by atoms with Crippen LogP contribution in [0.4, 0.5) is 5.88 Å². The summed E-state index contributed by atoms with van der Waals surface area (Å²) in [5, 5.41) is 12.7. The smallest absolute Gasteiger partial charge is 0.251 e. The van der Waals surface area contributed by atoms with Crippen molar-refractivity contribution in [1.82, 2.24) is 4.98 Å². The molecule has 2 aromatic rings. The van der Waals surface area contributed by atoms with Crippen LogP contribution in [0.1, 0.15) is 11.3 Å². The average Bonchev–Trinajstić information content (AvgIpc) is 2.87. The third-order valence-electron chi connectivity index (χ3n) is 2.17. The maximum Gasteiger partial charge on any atom is 0.251 e. The standard InChI is InChI=1S/C12H10N4O2/c1-17-10-4-2-9(3-5-10)7-15-16-12-11(6-13)14-8-18-12/h2-5,7-8,16H,1H3. The molecule has 0 radical (unpaired) electrons. The molecule has 0 atom stereocenters. The zero-order valence-corrected chi connectivity index (χ0v) is 9.62. The van der Waals surface area contributed by atoms with Crippen molar-refractivity contribution in [3.8, 4) is 11.8 Å². The molecular weight excluding hydrogens is 232 g/mol. The van der Waals surface area contributed by atoms with Gasteiger partial charge in [0.25, 0.3) is 5.88 Å². The highest BCUT2D eigenvalue weighted by Gasteiger charge is 2.04. The zero-order chi connectivity index (χ0) is 12.8. The van der Waals surface area contributed by atoms with Crippen LogP contribution >= 0.6 is 0 Å². The van der Waals surface area contributed by atoms with Gasteiger partial charge in [-0.2, -0.15) is 10.4 Å². The first-order valence-corrected chi connectivity index (χ1v) is 5.10. The number of hydrogen-bond acceptors (Lipinski definition) is 6. The average molecular weight is 242 g/mol. The van der Waals surface area contributed by atoms with Gasteiger partial charge in [0.15, 0.2) is 6.39 Å². The van der Waals surface area contributed by atoms with Crippen LogP contribution in [0.5, 0.6) is 5.75 Å². The van der Waals surface area contributed by atoms with Gasteiger partial charge < -0.3 is 9.15 Å². The quantitative estimate of drug-likeness (QED) is 0.654. The van der Waals surface area contributed by atoms with Crippen LogP contribution in [0.3, 0.4) is 0 Å². The Bertz CT molecular complexity index is 581. The van der Waals surface area contributed by atoms with Crippen LogP contribution in [0.2, 0.25) is 0 Å². The van der Waals surface area contributed by atoms with E-state index in [0.717, 1.165) is 11.3 Å². The SMILES string of the molecule is COc1ccc(C=NNc2ocnc2C#N)cc1. The summed E-state index contributed by atoms with van der Waals surface area (Å²) in [7, 11) is 1.61. The third-order valence-corrected chi connectivity index (χ3v) is 2.17. The molecule has 6 nitrogen and oxygen atoms in total. The second-order valence-corrected chi connectivity index (χ2v) is 3.29. The molecule has 0 aliphatic heterocycles. The molecule has 0 unspecified atom stereocenters. The number of rotatable bonds is 4. The number of aromatic nitrogens is 1. The largest absolute Gasteiger partial charge is 0.497 e. The molecule has 0 amide bonds. The number of anilines is 1. The van der Waals surface area contributed by atoms with E-state index in [-0.39, 0.29) is 11.6 Å². The molecule has 1 heterocycles. The van der Waals surface area contributed by atoms with Crippen molar-refractivity contribution >= 4 is 12.1 Å². The van der Waals surface area contributed by atoms with Crippen molar-refractivity contribution in [2.75, 3.05) is 12.5 Å². The van der Waals surface area contributed by atoms with Crippen LogP contribution in [-0.2, 0) is 0 Å². The number of ether oxygens (including phenoxy) is 1. The summed E-state index contributed by atoms with van der Waals surface area (Å²) in [6, 6.07) is 9.25. The van der Waals surface area contributed by atoms with Gasteiger partial charge in [0.1, 0.15) is 11.8 Å². The van der Waals surface area contributed by atoms with Crippen molar-refractivity contribution in [3.05, 3.63) is 41.9 Å². The molecule has 90 valence electrons. The van der Waals surface area contributed by atoms with E-state index in [1.807, 2.05) is 30.3 Å². The Kier molecular flexibility index (Phi) is 3.56. The van der Waals surface area contributed by atoms with E-state index >= 15 is 0 Å². The number of nitrogens with zero attached hydrogens (tertiary/aromatic N) is 3. The van der Waals surface area contributed by atoms with E-state index in [1.54, 1.807) is 13.3 Å². The van der Waals surface area contributed by atoms with Crippen LogP contribution in [0, 0.1) is 11.3 Å². The van der Waals surface area contributed by atoms with Gasteiger partial charge in [-0.3, -0.25) is 0 Å². The highest BCUT2D eigenvalue weighted by Crippen LogP contribution is 2.12. The Balaban J connectivity index is 2.01. The molecule has 2 rings (SSSR count). The van der Waals surface area contributed by atoms with Crippen LogP contribution in [0.25, 0.3) is 0 Å². The summed E-state index contributed by atoms with van der Waals surface area (Å²) in [6.07, 6.45) is 2.78. The van der Waals surface area contributed by atoms with Gasteiger partial charge >= 0.3 is 0 Å². The van der Waals surface area contributed by atoms with Crippen LogP contribution < -0.4 is 10.2 Å². The number of methoxy groups -OCH3 is 1. The first-order chi connectivity index (χ1) is 8.83. The fourth-order valence-corrected chi connectivity index (χ4v) is 1.26. The fourth-order valence-electron chi connectivity index (χ4n) is 1.26. The van der Waals surface area contributed by atoms with Gasteiger partial charge in [-0.05, 0) is 29.8 Å². The first-order valence-electron chi connectivity index (χ1n) is 5.10. The predicted octanol–water partition coefficient (Wildman–Crippen LogP) is 2.00. The molecule has 0 spiro atoms. The zero-order valence-electron chi connectivity index (χ0n) is 9.62. The van der Waals surface area contributed by atoms with E-state index in [0.29, 0.717) is 0 Å². The predicted molar refractivity (Wildman–Crippen MR) is 65.4 cm³/mol. The summed E-state index contributed by atoms with van der Waals surface area (Å²) < 4.78 is 9.99. The van der Waals surface area contributed by atoms with Crippen molar-refractivity contribution in [1.29, 1.82) is 5.26 Å². The number of hydrogen-bond donors (Lipinski definition) is 1. The van der Waals surface area contributed by atoms with Gasteiger partial charge in [-0.25, -0.2) is 10.4 Å². The maximum atomic E-state index is 8.70. The van der Waals surface area contributed by atoms with Gasteiger partial charge in [-0.15, -0.1) is 0 Å². The molecular formula is C12H10N4O2. The third kappa shape index (κ3) is 2.65. The van der Waals surface area contributed by atoms with Crippen LogP contribution in [0.15, 0.2) is 40.2 Å². The summed E-state index contributed by atoms with van der Waals surface area (Å²) >= 11 is 0. The van der Waals surface area contributed by atoms with Crippen LogP contribution in [-0.4, -0.2) is 18.3 Å². The molecule has 1 aromatic heterocycles. The number of oxazole rings is 1. The molecule has 1 N–H and O–H groups in total. The molecule has 6 heteroatoms. The monoisotopic (exact) mass is 242 g/mol. The Labute approximate surface area is 104 Å². The van der Waals surface area contributed by atoms with Crippen molar-refractivity contribution in [2.24, 2.45) is 5.10 Å². The minimum atomic E-state index is 0.168. The van der Waals surface area contributed by atoms with Gasteiger partial charge in [-0.1, -0.05) is 0 Å². The summed E-state index contributed by atoms with van der Waals surface area (Å²) in [5.41, 5.74) is 3.67. The minimum Gasteiger partial charge on any atom is -0.497 e. The lowest BCUT2D eigenvalue weighted by Gasteiger charge is -1.98. The highest BCUT2D eigenvalue weighted by molar-refractivity contribution is 5.80. The fraction of sp³-hybridized carbons (Fsp3) is 0.0833. The van der Waals surface area contributed by atoms with Crippen molar-refractivity contribution < 1.29 is 9.15 Å². The highest BCUT2D eigenvalue weighted by atomic mass is 16.5.